The van der Waals surface area contributed by atoms with Crippen molar-refractivity contribution >= 4 is 10.9 Å². The van der Waals surface area contributed by atoms with Crippen LogP contribution in [0.3, 0.4) is 0 Å². The van der Waals surface area contributed by atoms with Gasteiger partial charge in [-0.05, 0) is 17.2 Å². The zero-order valence-electron chi connectivity index (χ0n) is 10.8. The van der Waals surface area contributed by atoms with E-state index < -0.39 is 0 Å². The largest absolute Gasteiger partial charge is 0.380 e. The Balaban J connectivity index is 2.27. The molecular formula is C17H15NO. The zero-order valence-corrected chi connectivity index (χ0v) is 10.8. The van der Waals surface area contributed by atoms with E-state index in [1.807, 2.05) is 18.3 Å². The van der Waals surface area contributed by atoms with Crippen LogP contribution in [0.25, 0.3) is 22.0 Å². The Morgan fingerprint density at radius 2 is 1.79 bits per heavy atom. The number of ether oxygens (including phenoxy) is 1. The molecule has 3 rings (SSSR count). The van der Waals surface area contributed by atoms with Crippen molar-refractivity contribution in [1.82, 2.24) is 4.98 Å². The van der Waals surface area contributed by atoms with Gasteiger partial charge in [-0.25, -0.2) is 0 Å². The minimum atomic E-state index is 0.568. The van der Waals surface area contributed by atoms with Gasteiger partial charge in [0.1, 0.15) is 0 Å². The Kier molecular flexibility index (Phi) is 3.25. The van der Waals surface area contributed by atoms with Crippen molar-refractivity contribution in [2.75, 3.05) is 7.11 Å². The lowest BCUT2D eigenvalue weighted by Crippen LogP contribution is -1.95. The minimum absolute atomic E-state index is 0.568. The molecule has 0 saturated heterocycles. The number of benzene rings is 2. The zero-order chi connectivity index (χ0) is 13.1. The van der Waals surface area contributed by atoms with Crippen LogP contribution >= 0.6 is 0 Å². The number of rotatable bonds is 3. The lowest BCUT2D eigenvalue weighted by molar-refractivity contribution is 0.186. The summed E-state index contributed by atoms with van der Waals surface area (Å²) < 4.78 is 5.36. The molecule has 1 aromatic heterocycles. The quantitative estimate of drug-likeness (QED) is 0.698. The van der Waals surface area contributed by atoms with Gasteiger partial charge >= 0.3 is 0 Å². The summed E-state index contributed by atoms with van der Waals surface area (Å²) in [5, 5.41) is 1.15. The molecule has 0 bridgehead atoms. The molecule has 0 aliphatic heterocycles. The van der Waals surface area contributed by atoms with Crippen LogP contribution in [0, 0.1) is 0 Å². The highest BCUT2D eigenvalue weighted by atomic mass is 16.5. The number of hydrogen-bond donors (Lipinski definition) is 0. The first kappa shape index (κ1) is 11.9. The molecule has 0 aliphatic rings. The average Bonchev–Trinajstić information content (AvgIpc) is 2.49. The summed E-state index contributed by atoms with van der Waals surface area (Å²) in [5.74, 6) is 0. The fraction of sp³-hybridized carbons (Fsp3) is 0.118. The molecular weight excluding hydrogens is 234 g/mol. The van der Waals surface area contributed by atoms with Gasteiger partial charge in [0, 0.05) is 24.3 Å². The summed E-state index contributed by atoms with van der Waals surface area (Å²) in [7, 11) is 1.72. The fourth-order valence-corrected chi connectivity index (χ4v) is 2.38. The van der Waals surface area contributed by atoms with E-state index in [0.29, 0.717) is 6.61 Å². The smallest absolute Gasteiger partial charge is 0.0763 e. The maximum atomic E-state index is 5.36. The third-order valence-corrected chi connectivity index (χ3v) is 3.25. The molecule has 0 N–H and O–H groups in total. The Morgan fingerprint density at radius 3 is 2.58 bits per heavy atom. The molecule has 0 spiro atoms. The molecule has 0 aliphatic carbocycles. The maximum Gasteiger partial charge on any atom is 0.0763 e. The first-order valence-electron chi connectivity index (χ1n) is 6.31. The molecule has 2 nitrogen and oxygen atoms in total. The molecule has 3 aromatic rings. The highest BCUT2D eigenvalue weighted by Gasteiger charge is 2.09. The van der Waals surface area contributed by atoms with Crippen LogP contribution < -0.4 is 0 Å². The standard InChI is InChI=1S/C17H15NO/c1-19-12-16-15(13-6-3-2-4-7-13)10-9-14-8-5-11-18-17(14)16/h2-11H,12H2,1H3. The SMILES string of the molecule is COCc1c(-c2ccccc2)ccc2cccnc12. The summed E-state index contributed by atoms with van der Waals surface area (Å²) in [5.41, 5.74) is 4.55. The van der Waals surface area contributed by atoms with E-state index in [9.17, 15) is 0 Å². The van der Waals surface area contributed by atoms with Crippen molar-refractivity contribution in [3.8, 4) is 11.1 Å². The van der Waals surface area contributed by atoms with Crippen molar-refractivity contribution in [2.45, 2.75) is 6.61 Å². The fourth-order valence-electron chi connectivity index (χ4n) is 2.38. The molecule has 94 valence electrons. The van der Waals surface area contributed by atoms with E-state index in [4.69, 9.17) is 4.74 Å². The highest BCUT2D eigenvalue weighted by molar-refractivity contribution is 5.88. The van der Waals surface area contributed by atoms with Crippen molar-refractivity contribution in [2.24, 2.45) is 0 Å². The van der Waals surface area contributed by atoms with E-state index >= 15 is 0 Å². The molecule has 1 heterocycles. The summed E-state index contributed by atoms with van der Waals surface area (Å²) in [6.07, 6.45) is 1.83. The second-order valence-corrected chi connectivity index (χ2v) is 4.47. The molecule has 0 atom stereocenters. The maximum absolute atomic E-state index is 5.36. The van der Waals surface area contributed by atoms with Crippen molar-refractivity contribution in [3.63, 3.8) is 0 Å². The summed E-state index contributed by atoms with van der Waals surface area (Å²) in [6, 6.07) is 18.7. The summed E-state index contributed by atoms with van der Waals surface area (Å²) >= 11 is 0. The minimum Gasteiger partial charge on any atom is -0.380 e. The number of hydrogen-bond acceptors (Lipinski definition) is 2. The molecule has 0 unspecified atom stereocenters. The average molecular weight is 249 g/mol. The molecule has 0 saturated carbocycles. The predicted molar refractivity (Wildman–Crippen MR) is 77.9 cm³/mol. The van der Waals surface area contributed by atoms with E-state index in [0.717, 1.165) is 16.5 Å². The number of pyridine rings is 1. The molecule has 19 heavy (non-hydrogen) atoms. The van der Waals surface area contributed by atoms with Crippen LogP contribution in [0.15, 0.2) is 60.8 Å². The van der Waals surface area contributed by atoms with E-state index in [2.05, 4.69) is 47.4 Å². The Bertz CT molecular complexity index is 692. The Morgan fingerprint density at radius 1 is 0.947 bits per heavy atom. The van der Waals surface area contributed by atoms with Gasteiger partial charge in [-0.3, -0.25) is 4.98 Å². The second kappa shape index (κ2) is 5.21. The van der Waals surface area contributed by atoms with Gasteiger partial charge in [-0.2, -0.15) is 0 Å². The predicted octanol–water partition coefficient (Wildman–Crippen LogP) is 4.05. The molecule has 2 aromatic carbocycles. The van der Waals surface area contributed by atoms with Crippen LogP contribution in [-0.4, -0.2) is 12.1 Å². The lowest BCUT2D eigenvalue weighted by Gasteiger charge is -2.12. The van der Waals surface area contributed by atoms with Gasteiger partial charge in [0.25, 0.3) is 0 Å². The monoisotopic (exact) mass is 249 g/mol. The molecule has 0 radical (unpaired) electrons. The highest BCUT2D eigenvalue weighted by Crippen LogP contribution is 2.29. The number of methoxy groups -OCH3 is 1. The van der Waals surface area contributed by atoms with Crippen LogP contribution in [0.4, 0.5) is 0 Å². The van der Waals surface area contributed by atoms with E-state index in [1.165, 1.54) is 11.1 Å². The van der Waals surface area contributed by atoms with Crippen LogP contribution in [0.5, 0.6) is 0 Å². The molecule has 2 heteroatoms. The van der Waals surface area contributed by atoms with Crippen LogP contribution in [0.2, 0.25) is 0 Å². The third kappa shape index (κ3) is 2.23. The van der Waals surface area contributed by atoms with Gasteiger partial charge in [-0.1, -0.05) is 48.5 Å². The van der Waals surface area contributed by atoms with E-state index in [-0.39, 0.29) is 0 Å². The van der Waals surface area contributed by atoms with Crippen LogP contribution in [-0.2, 0) is 11.3 Å². The van der Waals surface area contributed by atoms with Gasteiger partial charge in [-0.15, -0.1) is 0 Å². The first-order chi connectivity index (χ1) is 9.40. The normalized spacial score (nSPS) is 10.8. The third-order valence-electron chi connectivity index (χ3n) is 3.25. The van der Waals surface area contributed by atoms with Gasteiger partial charge < -0.3 is 4.74 Å². The number of fused-ring (bicyclic) bond motifs is 1. The van der Waals surface area contributed by atoms with Crippen molar-refractivity contribution in [1.29, 1.82) is 0 Å². The molecule has 0 fully saturated rings. The lowest BCUT2D eigenvalue weighted by atomic mass is 9.97. The van der Waals surface area contributed by atoms with Crippen molar-refractivity contribution < 1.29 is 4.74 Å². The van der Waals surface area contributed by atoms with Crippen LogP contribution in [0.1, 0.15) is 5.56 Å². The van der Waals surface area contributed by atoms with Gasteiger partial charge in [0.05, 0.1) is 12.1 Å². The first-order valence-corrected chi connectivity index (χ1v) is 6.31. The Labute approximate surface area is 112 Å². The molecule has 0 amide bonds. The Hall–Kier alpha value is -2.19. The topological polar surface area (TPSA) is 22.1 Å². The number of aromatic nitrogens is 1. The van der Waals surface area contributed by atoms with Gasteiger partial charge in [0.2, 0.25) is 0 Å². The van der Waals surface area contributed by atoms with Gasteiger partial charge in [0.15, 0.2) is 0 Å². The summed E-state index contributed by atoms with van der Waals surface area (Å²) in [4.78, 5) is 4.51. The van der Waals surface area contributed by atoms with Crippen molar-refractivity contribution in [3.05, 3.63) is 66.4 Å². The number of nitrogens with zero attached hydrogens (tertiary/aromatic N) is 1. The summed E-state index contributed by atoms with van der Waals surface area (Å²) in [6.45, 7) is 0.568. The van der Waals surface area contributed by atoms with E-state index in [1.54, 1.807) is 7.11 Å². The second-order valence-electron chi connectivity index (χ2n) is 4.47.